The van der Waals surface area contributed by atoms with Crippen molar-refractivity contribution in [3.8, 4) is 0 Å². The fourth-order valence-corrected chi connectivity index (χ4v) is 5.07. The number of nitrogens with zero attached hydrogens (tertiary/aromatic N) is 7. The Hall–Kier alpha value is -3.73. The van der Waals surface area contributed by atoms with E-state index in [1.165, 1.54) is 12.4 Å². The number of piperidine rings is 1. The molecule has 0 unspecified atom stereocenters. The number of nitrogens with two attached hydrogens (primary N) is 2. The normalized spacial score (nSPS) is 20.4. The number of nitrogen functional groups attached to an aromatic ring is 1. The number of anilines is 2. The Balaban J connectivity index is 1.36. The molecule has 36 heavy (non-hydrogen) atoms. The summed E-state index contributed by atoms with van der Waals surface area (Å²) in [6, 6.07) is 6.84. The van der Waals surface area contributed by atoms with Gasteiger partial charge in [-0.05, 0) is 49.4 Å². The number of hydrogen-bond donors (Lipinski definition) is 2. The van der Waals surface area contributed by atoms with Crippen LogP contribution in [0, 0.1) is 0 Å². The minimum Gasteiger partial charge on any atom is -0.382 e. The van der Waals surface area contributed by atoms with Gasteiger partial charge in [0.2, 0.25) is 0 Å². The second-order valence-electron chi connectivity index (χ2n) is 9.75. The molecule has 4 aromatic rings. The van der Waals surface area contributed by atoms with Gasteiger partial charge in [-0.15, -0.1) is 0 Å². The molecule has 0 amide bonds. The lowest BCUT2D eigenvalue weighted by atomic mass is 9.86. The molecule has 0 aromatic carbocycles. The Morgan fingerprint density at radius 1 is 1.14 bits per heavy atom. The van der Waals surface area contributed by atoms with Crippen LogP contribution in [-0.4, -0.2) is 42.6 Å². The van der Waals surface area contributed by atoms with Crippen LogP contribution in [0.15, 0.2) is 43.1 Å². The Bertz CT molecular complexity index is 1420. The van der Waals surface area contributed by atoms with Crippen LogP contribution in [0.2, 0.25) is 0 Å². The van der Waals surface area contributed by atoms with Gasteiger partial charge in [-0.25, -0.2) is 28.7 Å². The summed E-state index contributed by atoms with van der Waals surface area (Å²) in [5.74, 6) is 0.835. The van der Waals surface area contributed by atoms with Gasteiger partial charge in [0.05, 0.1) is 36.0 Å². The molecule has 1 saturated heterocycles. The highest BCUT2D eigenvalue weighted by atomic mass is 19.3. The van der Waals surface area contributed by atoms with Crippen LogP contribution >= 0.6 is 0 Å². The molecule has 5 heterocycles. The van der Waals surface area contributed by atoms with Crippen molar-refractivity contribution in [3.05, 3.63) is 65.8 Å². The summed E-state index contributed by atoms with van der Waals surface area (Å²) >= 11 is 0. The van der Waals surface area contributed by atoms with Crippen LogP contribution in [0.25, 0.3) is 11.2 Å². The third-order valence-electron chi connectivity index (χ3n) is 7.12. The number of imidazole rings is 1. The number of pyridine rings is 2. The summed E-state index contributed by atoms with van der Waals surface area (Å²) in [5.41, 5.74) is 16.5. The summed E-state index contributed by atoms with van der Waals surface area (Å²) in [7, 11) is 0. The van der Waals surface area contributed by atoms with Crippen LogP contribution in [0.3, 0.4) is 0 Å². The third-order valence-corrected chi connectivity index (χ3v) is 7.12. The maximum absolute atomic E-state index is 13.3. The fourth-order valence-electron chi connectivity index (χ4n) is 5.07. The van der Waals surface area contributed by atoms with Gasteiger partial charge in [0.25, 0.3) is 6.43 Å². The average Bonchev–Trinajstić information content (AvgIpc) is 3.66. The molecule has 186 valence electrons. The van der Waals surface area contributed by atoms with E-state index in [4.69, 9.17) is 16.5 Å². The predicted octanol–water partition coefficient (Wildman–Crippen LogP) is 3.52. The molecular weight excluding hydrogens is 464 g/mol. The molecular formula is C25H27F2N9. The van der Waals surface area contributed by atoms with Gasteiger partial charge in [0.1, 0.15) is 17.5 Å². The number of aromatic nitrogens is 6. The fraction of sp³-hybridized carbons (Fsp3) is 0.400. The van der Waals surface area contributed by atoms with Gasteiger partial charge in [-0.3, -0.25) is 4.98 Å². The zero-order valence-corrected chi connectivity index (χ0v) is 19.7. The van der Waals surface area contributed by atoms with E-state index < -0.39 is 12.0 Å². The van der Waals surface area contributed by atoms with Crippen LogP contribution < -0.4 is 16.4 Å². The van der Waals surface area contributed by atoms with E-state index in [0.29, 0.717) is 48.1 Å². The number of rotatable bonds is 6. The lowest BCUT2D eigenvalue weighted by Crippen LogP contribution is -2.52. The molecule has 4 N–H and O–H groups in total. The van der Waals surface area contributed by atoms with Gasteiger partial charge >= 0.3 is 0 Å². The monoisotopic (exact) mass is 491 g/mol. The smallest absolute Gasteiger partial charge is 0.280 e. The molecule has 2 fully saturated rings. The van der Waals surface area contributed by atoms with Crippen molar-refractivity contribution in [2.75, 3.05) is 23.7 Å². The standard InChI is InChI=1S/C25H27F2N9/c26-22(27)17-3-1-4-20(34-17)25(29)7-2-8-35(12-25)19-10-30-18(15-5-6-15)9-16(19)11-36-14-33-21-23(28)31-13-32-24(21)36/h1,3-4,9-10,13-15,22H,2,5-8,11-12,29H2,(H2,28,31,32)/t25-/m1/s1. The van der Waals surface area contributed by atoms with Gasteiger partial charge in [-0.2, -0.15) is 0 Å². The first-order valence-electron chi connectivity index (χ1n) is 12.1. The highest BCUT2D eigenvalue weighted by molar-refractivity contribution is 5.81. The van der Waals surface area contributed by atoms with Gasteiger partial charge < -0.3 is 20.9 Å². The molecule has 0 bridgehead atoms. The third kappa shape index (κ3) is 4.13. The topological polar surface area (TPSA) is 125 Å². The van der Waals surface area contributed by atoms with Crippen molar-refractivity contribution in [2.45, 2.75) is 50.1 Å². The lowest BCUT2D eigenvalue weighted by Gasteiger charge is -2.41. The van der Waals surface area contributed by atoms with Crippen LogP contribution in [0.5, 0.6) is 0 Å². The summed E-state index contributed by atoms with van der Waals surface area (Å²) in [6.07, 6.45) is 6.19. The van der Waals surface area contributed by atoms with Crippen molar-refractivity contribution in [1.82, 2.24) is 29.5 Å². The van der Waals surface area contributed by atoms with Crippen molar-refractivity contribution in [1.29, 1.82) is 0 Å². The maximum Gasteiger partial charge on any atom is 0.280 e. The first-order chi connectivity index (χ1) is 17.4. The molecule has 1 atom stereocenters. The summed E-state index contributed by atoms with van der Waals surface area (Å²) in [4.78, 5) is 24.0. The Labute approximate surface area is 206 Å². The molecule has 1 aliphatic heterocycles. The van der Waals surface area contributed by atoms with Crippen molar-refractivity contribution in [3.63, 3.8) is 0 Å². The Kier molecular flexibility index (Phi) is 5.51. The van der Waals surface area contributed by atoms with Crippen LogP contribution in [0.1, 0.15) is 60.7 Å². The van der Waals surface area contributed by atoms with E-state index in [1.54, 1.807) is 18.5 Å². The molecule has 9 nitrogen and oxygen atoms in total. The Morgan fingerprint density at radius 2 is 2.00 bits per heavy atom. The molecule has 11 heteroatoms. The number of fused-ring (bicyclic) bond motifs is 1. The number of alkyl halides is 2. The Morgan fingerprint density at radius 3 is 2.81 bits per heavy atom. The second-order valence-corrected chi connectivity index (χ2v) is 9.75. The number of halogens is 2. The molecule has 1 aliphatic carbocycles. The SMILES string of the molecule is Nc1ncnc2c1ncn2Cc1cc(C2CC2)ncc1N1CCC[C@](N)(c2cccc(C(F)F)n2)C1. The minimum atomic E-state index is -2.64. The van der Waals surface area contributed by atoms with E-state index in [9.17, 15) is 8.78 Å². The summed E-state index contributed by atoms with van der Waals surface area (Å²) in [6.45, 7) is 1.76. The van der Waals surface area contributed by atoms with Crippen LogP contribution in [0.4, 0.5) is 20.3 Å². The zero-order chi connectivity index (χ0) is 24.9. The maximum atomic E-state index is 13.3. The van der Waals surface area contributed by atoms with E-state index in [0.717, 1.165) is 42.8 Å². The highest BCUT2D eigenvalue weighted by Gasteiger charge is 2.36. The number of hydrogen-bond acceptors (Lipinski definition) is 8. The predicted molar refractivity (Wildman–Crippen MR) is 132 cm³/mol. The molecule has 2 aliphatic rings. The molecule has 0 spiro atoms. The second kappa shape index (κ2) is 8.74. The van der Waals surface area contributed by atoms with Crippen LogP contribution in [-0.2, 0) is 12.1 Å². The summed E-state index contributed by atoms with van der Waals surface area (Å²) < 4.78 is 28.6. The van der Waals surface area contributed by atoms with E-state index in [2.05, 4.69) is 30.9 Å². The highest BCUT2D eigenvalue weighted by Crippen LogP contribution is 2.41. The van der Waals surface area contributed by atoms with Crippen molar-refractivity contribution in [2.24, 2.45) is 5.73 Å². The van der Waals surface area contributed by atoms with Crippen molar-refractivity contribution >= 4 is 22.7 Å². The first-order valence-corrected chi connectivity index (χ1v) is 12.1. The molecule has 4 aromatic heterocycles. The quantitative estimate of drug-likeness (QED) is 0.420. The first kappa shape index (κ1) is 22.7. The minimum absolute atomic E-state index is 0.251. The van der Waals surface area contributed by atoms with E-state index in [1.807, 2.05) is 10.8 Å². The zero-order valence-electron chi connectivity index (χ0n) is 19.7. The average molecular weight is 492 g/mol. The largest absolute Gasteiger partial charge is 0.382 e. The van der Waals surface area contributed by atoms with Crippen molar-refractivity contribution < 1.29 is 8.78 Å². The molecule has 6 rings (SSSR count). The van der Waals surface area contributed by atoms with Gasteiger partial charge in [0, 0.05) is 24.7 Å². The van der Waals surface area contributed by atoms with Gasteiger partial charge in [-0.1, -0.05) is 6.07 Å². The lowest BCUT2D eigenvalue weighted by molar-refractivity contribution is 0.145. The van der Waals surface area contributed by atoms with E-state index >= 15 is 0 Å². The summed E-state index contributed by atoms with van der Waals surface area (Å²) in [5, 5.41) is 0. The molecule has 0 radical (unpaired) electrons. The molecule has 1 saturated carbocycles. The van der Waals surface area contributed by atoms with Gasteiger partial charge in [0.15, 0.2) is 11.5 Å². The van der Waals surface area contributed by atoms with E-state index in [-0.39, 0.29) is 5.69 Å².